The van der Waals surface area contributed by atoms with E-state index in [1.165, 1.54) is 0 Å². The van der Waals surface area contributed by atoms with Gasteiger partial charge in [-0.1, -0.05) is 11.8 Å². The molecule has 21 heavy (non-hydrogen) atoms. The van der Waals surface area contributed by atoms with Crippen LogP contribution in [-0.4, -0.2) is 30.5 Å². The SMILES string of the molecule is Cc1cc(C#CCCO)ccc1NC(=O)NCC(F)(F)F. The second-order valence-electron chi connectivity index (χ2n) is 4.23. The topological polar surface area (TPSA) is 61.4 Å². The van der Waals surface area contributed by atoms with Gasteiger partial charge in [0.05, 0.1) is 6.61 Å². The van der Waals surface area contributed by atoms with Gasteiger partial charge in [0.25, 0.3) is 0 Å². The highest BCUT2D eigenvalue weighted by Crippen LogP contribution is 2.16. The molecular weight excluding hydrogens is 285 g/mol. The van der Waals surface area contributed by atoms with Crippen LogP contribution in [-0.2, 0) is 0 Å². The average Bonchev–Trinajstić information content (AvgIpc) is 2.39. The van der Waals surface area contributed by atoms with Gasteiger partial charge in [-0.25, -0.2) is 4.79 Å². The fraction of sp³-hybridized carbons (Fsp3) is 0.357. The summed E-state index contributed by atoms with van der Waals surface area (Å²) in [6.07, 6.45) is -4.09. The van der Waals surface area contributed by atoms with E-state index in [4.69, 9.17) is 5.11 Å². The molecule has 0 radical (unpaired) electrons. The third kappa shape index (κ3) is 6.68. The molecule has 7 heteroatoms. The molecule has 3 N–H and O–H groups in total. The molecule has 4 nitrogen and oxygen atoms in total. The summed E-state index contributed by atoms with van der Waals surface area (Å²) in [5.74, 6) is 5.58. The lowest BCUT2D eigenvalue weighted by atomic mass is 10.1. The number of rotatable bonds is 3. The maximum atomic E-state index is 12.0. The van der Waals surface area contributed by atoms with Crippen LogP contribution >= 0.6 is 0 Å². The summed E-state index contributed by atoms with van der Waals surface area (Å²) in [5, 5.41) is 12.7. The Morgan fingerprint density at radius 3 is 2.67 bits per heavy atom. The summed E-state index contributed by atoms with van der Waals surface area (Å²) in [6.45, 7) is 0.296. The van der Waals surface area contributed by atoms with Crippen molar-refractivity contribution in [3.63, 3.8) is 0 Å². The van der Waals surface area contributed by atoms with Gasteiger partial charge >= 0.3 is 12.2 Å². The van der Waals surface area contributed by atoms with E-state index in [1.54, 1.807) is 30.4 Å². The Hall–Kier alpha value is -2.20. The maximum absolute atomic E-state index is 12.0. The minimum atomic E-state index is -4.45. The number of aliphatic hydroxyl groups is 1. The fourth-order valence-electron chi connectivity index (χ4n) is 1.45. The molecule has 0 aliphatic rings. The van der Waals surface area contributed by atoms with E-state index in [2.05, 4.69) is 17.2 Å². The van der Waals surface area contributed by atoms with E-state index in [0.29, 0.717) is 23.2 Å². The van der Waals surface area contributed by atoms with Crippen molar-refractivity contribution in [2.75, 3.05) is 18.5 Å². The minimum Gasteiger partial charge on any atom is -0.395 e. The summed E-state index contributed by atoms with van der Waals surface area (Å²) in [7, 11) is 0. The molecule has 0 fully saturated rings. The van der Waals surface area contributed by atoms with Crippen LogP contribution in [0.1, 0.15) is 17.5 Å². The van der Waals surface area contributed by atoms with Gasteiger partial charge in [0.15, 0.2) is 0 Å². The van der Waals surface area contributed by atoms with Crippen molar-refractivity contribution in [1.82, 2.24) is 5.32 Å². The zero-order chi connectivity index (χ0) is 15.9. The van der Waals surface area contributed by atoms with Crippen LogP contribution in [0.4, 0.5) is 23.7 Å². The number of hydrogen-bond donors (Lipinski definition) is 3. The van der Waals surface area contributed by atoms with Gasteiger partial charge < -0.3 is 15.7 Å². The number of alkyl halides is 3. The highest BCUT2D eigenvalue weighted by atomic mass is 19.4. The van der Waals surface area contributed by atoms with Crippen molar-refractivity contribution in [2.45, 2.75) is 19.5 Å². The van der Waals surface area contributed by atoms with Crippen LogP contribution < -0.4 is 10.6 Å². The van der Waals surface area contributed by atoms with Gasteiger partial charge in [-0.05, 0) is 30.7 Å². The Bertz CT molecular complexity index is 560. The Kier molecular flexibility index (Phi) is 6.06. The first kappa shape index (κ1) is 16.9. The molecule has 0 saturated carbocycles. The quantitative estimate of drug-likeness (QED) is 0.751. The molecule has 1 aromatic carbocycles. The van der Waals surface area contributed by atoms with Crippen molar-refractivity contribution >= 4 is 11.7 Å². The number of hydrogen-bond acceptors (Lipinski definition) is 2. The Morgan fingerprint density at radius 2 is 2.10 bits per heavy atom. The van der Waals surface area contributed by atoms with E-state index in [1.807, 2.05) is 0 Å². The largest absolute Gasteiger partial charge is 0.405 e. The first-order valence-electron chi connectivity index (χ1n) is 6.14. The summed E-state index contributed by atoms with van der Waals surface area (Å²) < 4.78 is 35.9. The Labute approximate surface area is 120 Å². The molecule has 0 spiro atoms. The second-order valence-corrected chi connectivity index (χ2v) is 4.23. The van der Waals surface area contributed by atoms with Crippen molar-refractivity contribution in [1.29, 1.82) is 0 Å². The maximum Gasteiger partial charge on any atom is 0.405 e. The summed E-state index contributed by atoms with van der Waals surface area (Å²) in [4.78, 5) is 11.3. The molecule has 0 unspecified atom stereocenters. The molecule has 0 atom stereocenters. The number of carbonyl (C=O) groups is 1. The molecule has 0 aromatic heterocycles. The fourth-order valence-corrected chi connectivity index (χ4v) is 1.45. The number of aryl methyl sites for hydroxylation is 1. The Balaban J connectivity index is 2.65. The van der Waals surface area contributed by atoms with Crippen LogP contribution in [0.5, 0.6) is 0 Å². The number of benzene rings is 1. The number of anilines is 1. The molecule has 1 aromatic rings. The molecule has 0 bridgehead atoms. The first-order valence-corrected chi connectivity index (χ1v) is 6.14. The third-order valence-electron chi connectivity index (χ3n) is 2.39. The predicted molar refractivity (Wildman–Crippen MR) is 72.8 cm³/mol. The first-order chi connectivity index (χ1) is 9.81. The number of amides is 2. The van der Waals surface area contributed by atoms with Crippen LogP contribution in [0.3, 0.4) is 0 Å². The molecule has 2 amide bonds. The average molecular weight is 300 g/mol. The standard InChI is InChI=1S/C14H15F3N2O2/c1-10-8-11(4-2-3-7-20)5-6-12(10)19-13(21)18-9-14(15,16)17/h5-6,8,20H,3,7,9H2,1H3,(H2,18,19,21). The lowest BCUT2D eigenvalue weighted by Gasteiger charge is -2.11. The highest BCUT2D eigenvalue weighted by molar-refractivity contribution is 5.90. The number of nitrogens with one attached hydrogen (secondary N) is 2. The smallest absolute Gasteiger partial charge is 0.395 e. The number of aliphatic hydroxyl groups excluding tert-OH is 1. The van der Waals surface area contributed by atoms with Crippen LogP contribution in [0.25, 0.3) is 0 Å². The van der Waals surface area contributed by atoms with Gasteiger partial charge in [0, 0.05) is 17.7 Å². The molecule has 114 valence electrons. The third-order valence-corrected chi connectivity index (χ3v) is 2.39. The van der Waals surface area contributed by atoms with Gasteiger partial charge in [0.1, 0.15) is 6.54 Å². The van der Waals surface area contributed by atoms with Crippen molar-refractivity contribution in [3.8, 4) is 11.8 Å². The molecule has 0 saturated heterocycles. The molecular formula is C14H15F3N2O2. The van der Waals surface area contributed by atoms with Crippen LogP contribution in [0.15, 0.2) is 18.2 Å². The van der Waals surface area contributed by atoms with Crippen molar-refractivity contribution < 1.29 is 23.1 Å². The summed E-state index contributed by atoms with van der Waals surface area (Å²) in [6, 6.07) is 3.97. The number of urea groups is 1. The van der Waals surface area contributed by atoms with Gasteiger partial charge in [-0.2, -0.15) is 13.2 Å². The van der Waals surface area contributed by atoms with Gasteiger partial charge in [-0.15, -0.1) is 0 Å². The van der Waals surface area contributed by atoms with Gasteiger partial charge in [-0.3, -0.25) is 0 Å². The normalized spacial score (nSPS) is 10.5. The van der Waals surface area contributed by atoms with E-state index in [0.717, 1.165) is 0 Å². The molecule has 0 aliphatic heterocycles. The molecule has 0 heterocycles. The summed E-state index contributed by atoms with van der Waals surface area (Å²) in [5.41, 5.74) is 1.78. The monoisotopic (exact) mass is 300 g/mol. The van der Waals surface area contributed by atoms with Gasteiger partial charge in [0.2, 0.25) is 0 Å². The Morgan fingerprint density at radius 1 is 1.38 bits per heavy atom. The predicted octanol–water partition coefficient (Wildman–Crippen LogP) is 2.41. The van der Waals surface area contributed by atoms with Crippen LogP contribution in [0, 0.1) is 18.8 Å². The minimum absolute atomic E-state index is 0.0228. The lowest BCUT2D eigenvalue weighted by Crippen LogP contribution is -2.36. The summed E-state index contributed by atoms with van der Waals surface area (Å²) >= 11 is 0. The van der Waals surface area contributed by atoms with E-state index < -0.39 is 18.8 Å². The highest BCUT2D eigenvalue weighted by Gasteiger charge is 2.27. The van der Waals surface area contributed by atoms with E-state index in [9.17, 15) is 18.0 Å². The lowest BCUT2D eigenvalue weighted by molar-refractivity contribution is -0.122. The zero-order valence-electron chi connectivity index (χ0n) is 11.3. The van der Waals surface area contributed by atoms with Crippen molar-refractivity contribution in [3.05, 3.63) is 29.3 Å². The van der Waals surface area contributed by atoms with Crippen LogP contribution in [0.2, 0.25) is 0 Å². The number of halogens is 3. The zero-order valence-corrected chi connectivity index (χ0v) is 11.3. The second kappa shape index (κ2) is 7.55. The van der Waals surface area contributed by atoms with E-state index >= 15 is 0 Å². The molecule has 1 rings (SSSR count). The van der Waals surface area contributed by atoms with E-state index in [-0.39, 0.29) is 6.61 Å². The van der Waals surface area contributed by atoms with Crippen molar-refractivity contribution in [2.24, 2.45) is 0 Å². The molecule has 0 aliphatic carbocycles. The number of carbonyl (C=O) groups excluding carboxylic acids is 1.